The number of para-hydroxylation sites is 1. The molecular weight excluding hydrogens is 220 g/mol. The van der Waals surface area contributed by atoms with Crippen molar-refractivity contribution in [3.05, 3.63) is 29.8 Å². The summed E-state index contributed by atoms with van der Waals surface area (Å²) < 4.78 is 0. The number of fused-ring (bicyclic) bond motifs is 1. The maximum atomic E-state index is 12.0. The van der Waals surface area contributed by atoms with E-state index in [0.29, 0.717) is 6.54 Å². The predicted octanol–water partition coefficient (Wildman–Crippen LogP) is 0.412. The first kappa shape index (κ1) is 11.9. The van der Waals surface area contributed by atoms with Crippen LogP contribution in [0.15, 0.2) is 24.3 Å². The van der Waals surface area contributed by atoms with Crippen LogP contribution in [0.4, 0.5) is 10.5 Å². The molecule has 0 saturated carbocycles. The summed E-state index contributed by atoms with van der Waals surface area (Å²) in [6.45, 7) is 0.326. The molecule has 1 aromatic carbocycles. The summed E-state index contributed by atoms with van der Waals surface area (Å²) in [7, 11) is 1.72. The van der Waals surface area contributed by atoms with Gasteiger partial charge in [0.25, 0.3) is 0 Å². The van der Waals surface area contributed by atoms with Crippen LogP contribution in [0.1, 0.15) is 5.56 Å². The number of anilines is 1. The first-order chi connectivity index (χ1) is 8.13. The zero-order valence-electron chi connectivity index (χ0n) is 9.71. The highest BCUT2D eigenvalue weighted by Gasteiger charge is 2.28. The molecular formula is C12H16N2O3. The first-order valence-corrected chi connectivity index (χ1v) is 5.53. The molecule has 2 rings (SSSR count). The van der Waals surface area contributed by atoms with Crippen LogP contribution < -0.4 is 4.90 Å². The normalized spacial score (nSPS) is 17.0. The Morgan fingerprint density at radius 3 is 2.82 bits per heavy atom. The van der Waals surface area contributed by atoms with Crippen LogP contribution in [-0.2, 0) is 6.54 Å². The van der Waals surface area contributed by atoms with Gasteiger partial charge < -0.3 is 15.1 Å². The van der Waals surface area contributed by atoms with E-state index in [1.54, 1.807) is 11.9 Å². The molecule has 1 aliphatic heterocycles. The molecule has 1 aromatic rings. The minimum Gasteiger partial charge on any atom is -0.394 e. The van der Waals surface area contributed by atoms with Gasteiger partial charge in [0.15, 0.2) is 0 Å². The number of benzene rings is 1. The standard InChI is InChI=1S/C12H16N2O3/c1-13-6-9-4-2-3-5-11(9)14(12(13)17)7-10(16)8-15/h2-5,10,15-16H,6-8H2,1H3. The Kier molecular flexibility index (Phi) is 3.31. The van der Waals surface area contributed by atoms with Crippen molar-refractivity contribution in [3.8, 4) is 0 Å². The van der Waals surface area contributed by atoms with E-state index in [4.69, 9.17) is 5.11 Å². The fraction of sp³-hybridized carbons (Fsp3) is 0.417. The molecule has 5 heteroatoms. The van der Waals surface area contributed by atoms with Gasteiger partial charge in [-0.15, -0.1) is 0 Å². The van der Waals surface area contributed by atoms with Crippen molar-refractivity contribution in [1.82, 2.24) is 4.90 Å². The average Bonchev–Trinajstić information content (AvgIpc) is 2.34. The summed E-state index contributed by atoms with van der Waals surface area (Å²) in [4.78, 5) is 15.1. The zero-order chi connectivity index (χ0) is 12.4. The number of aliphatic hydroxyl groups is 2. The third-order valence-corrected chi connectivity index (χ3v) is 2.85. The smallest absolute Gasteiger partial charge is 0.324 e. The number of urea groups is 1. The molecule has 5 nitrogen and oxygen atoms in total. The molecule has 1 atom stereocenters. The molecule has 17 heavy (non-hydrogen) atoms. The molecule has 2 amide bonds. The molecule has 1 aliphatic rings. The molecule has 1 heterocycles. The van der Waals surface area contributed by atoms with Crippen LogP contribution in [0.2, 0.25) is 0 Å². The highest BCUT2D eigenvalue weighted by atomic mass is 16.3. The van der Waals surface area contributed by atoms with Gasteiger partial charge in [-0.1, -0.05) is 18.2 Å². The van der Waals surface area contributed by atoms with E-state index in [1.807, 2.05) is 24.3 Å². The number of hydrogen-bond acceptors (Lipinski definition) is 3. The van der Waals surface area contributed by atoms with Gasteiger partial charge in [0.1, 0.15) is 0 Å². The van der Waals surface area contributed by atoms with Crippen molar-refractivity contribution in [2.24, 2.45) is 0 Å². The quantitative estimate of drug-likeness (QED) is 0.799. The van der Waals surface area contributed by atoms with E-state index in [1.165, 1.54) is 4.90 Å². The van der Waals surface area contributed by atoms with Crippen LogP contribution in [0.25, 0.3) is 0 Å². The second kappa shape index (κ2) is 4.73. The lowest BCUT2D eigenvalue weighted by Crippen LogP contribution is -2.48. The molecule has 0 bridgehead atoms. The van der Waals surface area contributed by atoms with Crippen LogP contribution >= 0.6 is 0 Å². The number of hydrogen-bond donors (Lipinski definition) is 2. The van der Waals surface area contributed by atoms with Crippen molar-refractivity contribution in [2.75, 3.05) is 25.1 Å². The molecule has 0 fully saturated rings. The zero-order valence-corrected chi connectivity index (χ0v) is 9.71. The SMILES string of the molecule is CN1Cc2ccccc2N(CC(O)CO)C1=O. The molecule has 0 aliphatic carbocycles. The van der Waals surface area contributed by atoms with E-state index in [9.17, 15) is 9.90 Å². The molecule has 0 aromatic heterocycles. The Labute approximate surface area is 99.9 Å². The van der Waals surface area contributed by atoms with Crippen LogP contribution in [0, 0.1) is 0 Å². The fourth-order valence-corrected chi connectivity index (χ4v) is 1.99. The highest BCUT2D eigenvalue weighted by molar-refractivity contribution is 5.94. The molecule has 0 radical (unpaired) electrons. The number of rotatable bonds is 3. The summed E-state index contributed by atoms with van der Waals surface area (Å²) in [5.41, 5.74) is 1.85. The lowest BCUT2D eigenvalue weighted by atomic mass is 10.1. The number of carbonyl (C=O) groups excluding carboxylic acids is 1. The topological polar surface area (TPSA) is 64.0 Å². The summed E-state index contributed by atoms with van der Waals surface area (Å²) in [6.07, 6.45) is -0.918. The minimum absolute atomic E-state index is 0.108. The molecule has 0 saturated heterocycles. The van der Waals surface area contributed by atoms with Crippen LogP contribution in [-0.4, -0.2) is 47.4 Å². The molecule has 1 unspecified atom stereocenters. The first-order valence-electron chi connectivity index (χ1n) is 5.53. The number of aliphatic hydroxyl groups excluding tert-OH is 2. The minimum atomic E-state index is -0.918. The van der Waals surface area contributed by atoms with E-state index < -0.39 is 6.10 Å². The lowest BCUT2D eigenvalue weighted by molar-refractivity contribution is 0.0990. The summed E-state index contributed by atoms with van der Waals surface area (Å²) in [6, 6.07) is 7.43. The van der Waals surface area contributed by atoms with Gasteiger partial charge in [0.05, 0.1) is 24.9 Å². The van der Waals surface area contributed by atoms with Gasteiger partial charge in [-0.2, -0.15) is 0 Å². The van der Waals surface area contributed by atoms with Gasteiger partial charge in [-0.3, -0.25) is 4.90 Å². The van der Waals surface area contributed by atoms with Gasteiger partial charge in [-0.25, -0.2) is 4.79 Å². The number of β-amino-alcohol motifs (C(OH)–C–C–N with tert-alkyl or cyclic N) is 1. The molecule has 0 spiro atoms. The second-order valence-electron chi connectivity index (χ2n) is 4.21. The van der Waals surface area contributed by atoms with Crippen LogP contribution in [0.5, 0.6) is 0 Å². The van der Waals surface area contributed by atoms with Gasteiger partial charge in [0.2, 0.25) is 0 Å². The number of amides is 2. The van der Waals surface area contributed by atoms with E-state index in [2.05, 4.69) is 0 Å². The Hall–Kier alpha value is -1.59. The average molecular weight is 236 g/mol. The maximum Gasteiger partial charge on any atom is 0.324 e. The highest BCUT2D eigenvalue weighted by Crippen LogP contribution is 2.27. The summed E-state index contributed by atoms with van der Waals surface area (Å²) >= 11 is 0. The van der Waals surface area contributed by atoms with E-state index in [0.717, 1.165) is 11.3 Å². The molecule has 92 valence electrons. The third-order valence-electron chi connectivity index (χ3n) is 2.85. The van der Waals surface area contributed by atoms with Crippen molar-refractivity contribution >= 4 is 11.7 Å². The monoisotopic (exact) mass is 236 g/mol. The van der Waals surface area contributed by atoms with Gasteiger partial charge >= 0.3 is 6.03 Å². The van der Waals surface area contributed by atoms with Crippen molar-refractivity contribution in [1.29, 1.82) is 0 Å². The summed E-state index contributed by atoms with van der Waals surface area (Å²) in [5, 5.41) is 18.3. The number of carbonyl (C=O) groups is 1. The van der Waals surface area contributed by atoms with Crippen LogP contribution in [0.3, 0.4) is 0 Å². The molecule has 2 N–H and O–H groups in total. The predicted molar refractivity (Wildman–Crippen MR) is 63.7 cm³/mol. The van der Waals surface area contributed by atoms with Crippen molar-refractivity contribution < 1.29 is 15.0 Å². The van der Waals surface area contributed by atoms with Gasteiger partial charge in [0, 0.05) is 13.6 Å². The fourth-order valence-electron chi connectivity index (χ4n) is 1.99. The lowest BCUT2D eigenvalue weighted by Gasteiger charge is -2.35. The summed E-state index contributed by atoms with van der Waals surface area (Å²) in [5.74, 6) is 0. The Morgan fingerprint density at radius 2 is 2.12 bits per heavy atom. The Bertz CT molecular complexity index is 422. The number of nitrogens with zero attached hydrogens (tertiary/aromatic N) is 2. The Balaban J connectivity index is 2.32. The maximum absolute atomic E-state index is 12.0. The third kappa shape index (κ3) is 2.25. The van der Waals surface area contributed by atoms with Crippen molar-refractivity contribution in [2.45, 2.75) is 12.6 Å². The Morgan fingerprint density at radius 1 is 1.41 bits per heavy atom. The van der Waals surface area contributed by atoms with E-state index in [-0.39, 0.29) is 19.2 Å². The largest absolute Gasteiger partial charge is 0.394 e. The second-order valence-corrected chi connectivity index (χ2v) is 4.21. The van der Waals surface area contributed by atoms with Crippen molar-refractivity contribution in [3.63, 3.8) is 0 Å². The van der Waals surface area contributed by atoms with Gasteiger partial charge in [-0.05, 0) is 11.6 Å². The van der Waals surface area contributed by atoms with E-state index >= 15 is 0 Å².